The largest absolute Gasteiger partial charge is 0.494 e. The number of benzene rings is 2. The fourth-order valence-corrected chi connectivity index (χ4v) is 4.03. The predicted octanol–water partition coefficient (Wildman–Crippen LogP) is 6.57. The van der Waals surface area contributed by atoms with Crippen LogP contribution in [0.3, 0.4) is 0 Å². The van der Waals surface area contributed by atoms with Crippen LogP contribution < -0.4 is 24.4 Å². The Bertz CT molecular complexity index is 1300. The zero-order valence-electron chi connectivity index (χ0n) is 25.9. The third-order valence-electron chi connectivity index (χ3n) is 6.10. The molecule has 4 rings (SSSR count). The molecule has 0 spiro atoms. The summed E-state index contributed by atoms with van der Waals surface area (Å²) in [5.74, 6) is -1.48. The molecule has 12 heteroatoms. The van der Waals surface area contributed by atoms with E-state index in [4.69, 9.17) is 18.9 Å². The summed E-state index contributed by atoms with van der Waals surface area (Å²) in [5, 5.41) is 3.11. The molecule has 0 radical (unpaired) electrons. The van der Waals surface area contributed by atoms with E-state index in [1.165, 1.54) is 33.0 Å². The van der Waals surface area contributed by atoms with Gasteiger partial charge in [0.2, 0.25) is 5.95 Å². The Balaban J connectivity index is 0.00000162. The van der Waals surface area contributed by atoms with Gasteiger partial charge in [-0.05, 0) is 45.0 Å². The Kier molecular flexibility index (Phi) is 11.7. The first-order valence-electron chi connectivity index (χ1n) is 14.1. The second-order valence-electron chi connectivity index (χ2n) is 10.8. The number of rotatable bonds is 8. The summed E-state index contributed by atoms with van der Waals surface area (Å²) in [4.78, 5) is 24.7. The fraction of sp³-hybridized carbons (Fsp3) is 0.452. The number of nitrogens with one attached hydrogen (secondary N) is 1. The van der Waals surface area contributed by atoms with E-state index >= 15 is 0 Å². The number of aromatic nitrogens is 2. The Morgan fingerprint density at radius 1 is 0.930 bits per heavy atom. The molecule has 2 heterocycles. The average molecular weight is 602 g/mol. The van der Waals surface area contributed by atoms with E-state index in [9.17, 15) is 13.6 Å². The van der Waals surface area contributed by atoms with E-state index < -0.39 is 23.8 Å². The first kappa shape index (κ1) is 33.2. The molecule has 0 aliphatic carbocycles. The molecule has 0 atom stereocenters. The molecule has 10 nitrogen and oxygen atoms in total. The highest BCUT2D eigenvalue weighted by Gasteiger charge is 2.26. The number of halogens is 2. The van der Waals surface area contributed by atoms with E-state index in [0.29, 0.717) is 32.1 Å². The molecular weight excluding hydrogens is 560 g/mol. The van der Waals surface area contributed by atoms with Crippen molar-refractivity contribution >= 4 is 23.4 Å². The second-order valence-corrected chi connectivity index (χ2v) is 10.8. The molecule has 1 aliphatic rings. The molecule has 1 fully saturated rings. The van der Waals surface area contributed by atoms with Gasteiger partial charge >= 0.3 is 6.09 Å². The third-order valence-corrected chi connectivity index (χ3v) is 6.10. The van der Waals surface area contributed by atoms with E-state index in [0.717, 1.165) is 17.4 Å². The van der Waals surface area contributed by atoms with Crippen LogP contribution in [0, 0.1) is 11.6 Å². The molecule has 3 aromatic rings. The summed E-state index contributed by atoms with van der Waals surface area (Å²) in [7, 11) is 2.56. The fourth-order valence-electron chi connectivity index (χ4n) is 4.03. The van der Waals surface area contributed by atoms with Gasteiger partial charge in [0.1, 0.15) is 12.2 Å². The van der Waals surface area contributed by atoms with Gasteiger partial charge in [-0.2, -0.15) is 0 Å². The summed E-state index contributed by atoms with van der Waals surface area (Å²) < 4.78 is 49.9. The van der Waals surface area contributed by atoms with Crippen molar-refractivity contribution in [3.63, 3.8) is 0 Å². The quantitative estimate of drug-likeness (QED) is 0.307. The molecule has 0 unspecified atom stereocenters. The van der Waals surface area contributed by atoms with Crippen molar-refractivity contribution in [3.8, 4) is 17.2 Å². The van der Waals surface area contributed by atoms with Crippen molar-refractivity contribution in [1.82, 2.24) is 14.9 Å². The maximum Gasteiger partial charge on any atom is 0.410 e. The van der Waals surface area contributed by atoms with Crippen molar-refractivity contribution in [1.29, 1.82) is 0 Å². The summed E-state index contributed by atoms with van der Waals surface area (Å²) in [5.41, 5.74) is 0.966. The number of hydrogen-bond acceptors (Lipinski definition) is 9. The number of nitrogens with zero attached hydrogens (tertiary/aromatic N) is 4. The Labute approximate surface area is 251 Å². The molecule has 1 aromatic heterocycles. The Morgan fingerprint density at radius 2 is 1.47 bits per heavy atom. The number of carbonyl (C=O) groups excluding carboxylic acids is 1. The van der Waals surface area contributed by atoms with Gasteiger partial charge in [-0.1, -0.05) is 20.3 Å². The number of piperazine rings is 1. The van der Waals surface area contributed by atoms with Crippen LogP contribution in [-0.4, -0.2) is 67.0 Å². The van der Waals surface area contributed by atoms with Crippen molar-refractivity contribution in [3.05, 3.63) is 59.9 Å². The van der Waals surface area contributed by atoms with Crippen LogP contribution in [0.2, 0.25) is 0 Å². The number of methoxy groups -OCH3 is 2. The highest BCUT2D eigenvalue weighted by atomic mass is 19.1. The van der Waals surface area contributed by atoms with E-state index in [1.54, 1.807) is 4.90 Å². The van der Waals surface area contributed by atoms with E-state index in [-0.39, 0.29) is 28.9 Å². The van der Waals surface area contributed by atoms with Crippen molar-refractivity contribution < 1.29 is 32.5 Å². The highest BCUT2D eigenvalue weighted by Crippen LogP contribution is 2.32. The molecule has 0 bridgehead atoms. The van der Waals surface area contributed by atoms with E-state index in [1.807, 2.05) is 45.0 Å². The second kappa shape index (κ2) is 15.2. The SMILES string of the molecule is CCC.COc1cc(OC)c(F)c(COc2cnc(Nc3ccc(N4CCN(C(=O)OC(C)(C)C)CC4)cc3)nc2)c1F. The highest BCUT2D eigenvalue weighted by molar-refractivity contribution is 5.69. The van der Waals surface area contributed by atoms with Crippen LogP contribution in [-0.2, 0) is 11.3 Å². The van der Waals surface area contributed by atoms with Gasteiger partial charge in [0, 0.05) is 43.6 Å². The maximum atomic E-state index is 14.5. The molecule has 1 saturated heterocycles. The zero-order chi connectivity index (χ0) is 31.6. The molecule has 1 aliphatic heterocycles. The van der Waals surface area contributed by atoms with Gasteiger partial charge in [-0.3, -0.25) is 0 Å². The minimum Gasteiger partial charge on any atom is -0.494 e. The summed E-state index contributed by atoms with van der Waals surface area (Å²) in [6, 6.07) is 8.91. The topological polar surface area (TPSA) is 98.3 Å². The Morgan fingerprint density at radius 3 is 1.95 bits per heavy atom. The van der Waals surface area contributed by atoms with Crippen molar-refractivity contribution in [2.24, 2.45) is 0 Å². The minimum absolute atomic E-state index is 0.151. The molecule has 43 heavy (non-hydrogen) atoms. The van der Waals surface area contributed by atoms with Crippen LogP contribution in [0.4, 0.5) is 30.9 Å². The van der Waals surface area contributed by atoms with Gasteiger partial charge in [0.05, 0.1) is 32.2 Å². The lowest BCUT2D eigenvalue weighted by Gasteiger charge is -2.36. The summed E-state index contributed by atoms with van der Waals surface area (Å²) in [6.07, 6.45) is 3.77. The predicted molar refractivity (Wildman–Crippen MR) is 162 cm³/mol. The smallest absolute Gasteiger partial charge is 0.410 e. The van der Waals surface area contributed by atoms with Crippen molar-refractivity contribution in [2.45, 2.75) is 53.2 Å². The van der Waals surface area contributed by atoms with Gasteiger partial charge in [-0.25, -0.2) is 23.5 Å². The van der Waals surface area contributed by atoms with Crippen LogP contribution in [0.1, 0.15) is 46.6 Å². The Hall–Kier alpha value is -4.35. The van der Waals surface area contributed by atoms with Gasteiger partial charge in [0.15, 0.2) is 28.9 Å². The lowest BCUT2D eigenvalue weighted by molar-refractivity contribution is 0.0240. The van der Waals surface area contributed by atoms with Gasteiger partial charge in [-0.15, -0.1) is 0 Å². The normalized spacial score (nSPS) is 13.0. The molecule has 234 valence electrons. The van der Waals surface area contributed by atoms with Crippen LogP contribution in [0.5, 0.6) is 17.2 Å². The van der Waals surface area contributed by atoms with Gasteiger partial charge in [0.25, 0.3) is 0 Å². The lowest BCUT2D eigenvalue weighted by Crippen LogP contribution is -2.50. The molecule has 0 saturated carbocycles. The molecule has 1 amide bonds. The lowest BCUT2D eigenvalue weighted by atomic mass is 10.1. The van der Waals surface area contributed by atoms with Gasteiger partial charge < -0.3 is 34.1 Å². The molecular formula is C31H41F2N5O5. The number of hydrogen-bond donors (Lipinski definition) is 1. The number of ether oxygens (including phenoxy) is 4. The third kappa shape index (κ3) is 9.32. The number of amides is 1. The minimum atomic E-state index is -0.867. The molecule has 2 aromatic carbocycles. The zero-order valence-corrected chi connectivity index (χ0v) is 25.9. The first-order chi connectivity index (χ1) is 20.5. The standard InChI is InChI=1S/C28H33F2N5O5.C3H8/c1-28(2,3)40-27(36)35-12-10-34(11-13-35)19-8-6-18(7-9-19)33-26-31-15-20(16-32-26)39-17-21-24(29)22(37-4)14-23(38-5)25(21)30;1-3-2/h6-9,14-16H,10-13,17H2,1-5H3,(H,31,32,33);3H2,1-2H3. The summed E-state index contributed by atoms with van der Waals surface area (Å²) in [6.45, 7) is 12.0. The summed E-state index contributed by atoms with van der Waals surface area (Å²) >= 11 is 0. The van der Waals surface area contributed by atoms with Crippen LogP contribution in [0.25, 0.3) is 0 Å². The van der Waals surface area contributed by atoms with Crippen molar-refractivity contribution in [2.75, 3.05) is 50.6 Å². The van der Waals surface area contributed by atoms with Crippen LogP contribution >= 0.6 is 0 Å². The van der Waals surface area contributed by atoms with E-state index in [2.05, 4.69) is 34.0 Å². The molecule has 1 N–H and O–H groups in total. The maximum absolute atomic E-state index is 14.5. The number of carbonyl (C=O) groups is 1. The average Bonchev–Trinajstić information content (AvgIpc) is 2.98. The van der Waals surface area contributed by atoms with Crippen LogP contribution in [0.15, 0.2) is 42.7 Å². The monoisotopic (exact) mass is 601 g/mol. The first-order valence-corrected chi connectivity index (χ1v) is 14.1. The number of anilines is 3.